The molecule has 1 saturated heterocycles. The lowest BCUT2D eigenvalue weighted by Gasteiger charge is -2.28. The number of carbonyl (C=O) groups excluding carboxylic acids is 3. The fourth-order valence-electron chi connectivity index (χ4n) is 3.73. The smallest absolute Gasteiger partial charge is 0.325 e. The van der Waals surface area contributed by atoms with Gasteiger partial charge in [-0.25, -0.2) is 4.79 Å². The molecule has 0 atom stereocenters. The van der Waals surface area contributed by atoms with Crippen molar-refractivity contribution in [1.29, 1.82) is 0 Å². The molecular weight excluding hydrogens is 398 g/mol. The third kappa shape index (κ3) is 3.92. The molecule has 1 saturated carbocycles. The number of nitrogens with one attached hydrogen (secondary N) is 2. The van der Waals surface area contributed by atoms with Gasteiger partial charge in [-0.3, -0.25) is 14.5 Å². The topological polar surface area (TPSA) is 78.5 Å². The Bertz CT molecular complexity index is 727. The number of carbonyl (C=O) groups is 3. The summed E-state index contributed by atoms with van der Waals surface area (Å²) in [5.41, 5.74) is 0.820. The summed E-state index contributed by atoms with van der Waals surface area (Å²) in [5.74, 6) is -0.635. The highest BCUT2D eigenvalue weighted by Gasteiger charge is 2.50. The Kier molecular flexibility index (Phi) is 5.65. The highest BCUT2D eigenvalue weighted by Crippen LogP contribution is 2.32. The monoisotopic (exact) mass is 421 g/mol. The zero-order valence-electron chi connectivity index (χ0n) is 14.9. The van der Waals surface area contributed by atoms with E-state index < -0.39 is 11.6 Å². The van der Waals surface area contributed by atoms with Crippen LogP contribution in [0.15, 0.2) is 22.7 Å². The Morgan fingerprint density at radius 1 is 1.19 bits per heavy atom. The summed E-state index contributed by atoms with van der Waals surface area (Å²) in [5, 5.41) is 5.63. The van der Waals surface area contributed by atoms with Crippen LogP contribution in [0, 0.1) is 6.92 Å². The summed E-state index contributed by atoms with van der Waals surface area (Å²) in [4.78, 5) is 38.7. The van der Waals surface area contributed by atoms with Crippen molar-refractivity contribution in [1.82, 2.24) is 10.2 Å². The number of urea groups is 1. The summed E-state index contributed by atoms with van der Waals surface area (Å²) >= 11 is 3.42. The van der Waals surface area contributed by atoms with Gasteiger partial charge in [0, 0.05) is 10.2 Å². The first-order valence-corrected chi connectivity index (χ1v) is 9.91. The van der Waals surface area contributed by atoms with Gasteiger partial charge in [0.1, 0.15) is 12.1 Å². The van der Waals surface area contributed by atoms with E-state index in [2.05, 4.69) is 26.6 Å². The first-order valence-electron chi connectivity index (χ1n) is 9.11. The van der Waals surface area contributed by atoms with Crippen LogP contribution in [0.2, 0.25) is 0 Å². The van der Waals surface area contributed by atoms with Crippen molar-refractivity contribution in [2.24, 2.45) is 0 Å². The second kappa shape index (κ2) is 7.78. The molecule has 2 N–H and O–H groups in total. The average molecular weight is 422 g/mol. The molecule has 1 heterocycles. The number of hydrogen-bond acceptors (Lipinski definition) is 3. The summed E-state index contributed by atoms with van der Waals surface area (Å²) in [7, 11) is 0. The van der Waals surface area contributed by atoms with Crippen molar-refractivity contribution in [2.75, 3.05) is 11.9 Å². The highest BCUT2D eigenvalue weighted by molar-refractivity contribution is 9.10. The molecule has 3 rings (SSSR count). The van der Waals surface area contributed by atoms with Crippen molar-refractivity contribution in [3.8, 4) is 0 Å². The van der Waals surface area contributed by atoms with Gasteiger partial charge >= 0.3 is 6.03 Å². The maximum absolute atomic E-state index is 12.9. The number of imide groups is 1. The molecule has 1 spiro atoms. The Balaban J connectivity index is 1.66. The van der Waals surface area contributed by atoms with Gasteiger partial charge in [0.15, 0.2) is 0 Å². The molecule has 0 unspecified atom stereocenters. The number of amides is 4. The SMILES string of the molecule is Cc1cc(NC(=O)CN2C(=O)NC3(CCCCCCC3)C2=O)ccc1Br. The number of rotatable bonds is 3. The molecule has 1 aromatic carbocycles. The molecule has 1 aliphatic carbocycles. The Morgan fingerprint density at radius 2 is 1.85 bits per heavy atom. The van der Waals surface area contributed by atoms with E-state index in [0.29, 0.717) is 18.5 Å². The first kappa shape index (κ1) is 18.9. The number of aryl methyl sites for hydroxylation is 1. The molecule has 4 amide bonds. The van der Waals surface area contributed by atoms with E-state index in [0.717, 1.165) is 40.6 Å². The molecule has 0 aromatic heterocycles. The van der Waals surface area contributed by atoms with Gasteiger partial charge < -0.3 is 10.6 Å². The molecule has 1 aromatic rings. The normalized spacial score (nSPS) is 19.8. The number of nitrogens with zero attached hydrogens (tertiary/aromatic N) is 1. The second-order valence-corrected chi connectivity index (χ2v) is 8.04. The van der Waals surface area contributed by atoms with Crippen LogP contribution in [0.4, 0.5) is 10.5 Å². The summed E-state index contributed by atoms with van der Waals surface area (Å²) in [6.07, 6.45) is 6.48. The van der Waals surface area contributed by atoms with Gasteiger partial charge in [-0.2, -0.15) is 0 Å². The fourth-order valence-corrected chi connectivity index (χ4v) is 3.98. The fraction of sp³-hybridized carbons (Fsp3) is 0.526. The first-order chi connectivity index (χ1) is 12.4. The molecule has 7 heteroatoms. The Hall–Kier alpha value is -1.89. The molecule has 1 aliphatic heterocycles. The number of halogens is 1. The van der Waals surface area contributed by atoms with Crippen LogP contribution < -0.4 is 10.6 Å². The maximum Gasteiger partial charge on any atom is 0.325 e. The highest BCUT2D eigenvalue weighted by atomic mass is 79.9. The number of anilines is 1. The van der Waals surface area contributed by atoms with E-state index in [1.54, 1.807) is 6.07 Å². The van der Waals surface area contributed by atoms with Crippen molar-refractivity contribution >= 4 is 39.5 Å². The minimum atomic E-state index is -0.814. The summed E-state index contributed by atoms with van der Waals surface area (Å²) in [6.45, 7) is 1.66. The lowest BCUT2D eigenvalue weighted by molar-refractivity contribution is -0.134. The van der Waals surface area contributed by atoms with E-state index >= 15 is 0 Å². The zero-order valence-corrected chi connectivity index (χ0v) is 16.5. The average Bonchev–Trinajstić information content (AvgIpc) is 2.80. The largest absolute Gasteiger partial charge is 0.325 e. The van der Waals surface area contributed by atoms with Gasteiger partial charge in [-0.05, 0) is 43.5 Å². The lowest BCUT2D eigenvalue weighted by Crippen LogP contribution is -2.47. The predicted molar refractivity (Wildman–Crippen MR) is 103 cm³/mol. The van der Waals surface area contributed by atoms with Crippen LogP contribution in [-0.2, 0) is 9.59 Å². The van der Waals surface area contributed by atoms with Crippen LogP contribution in [0.3, 0.4) is 0 Å². The predicted octanol–water partition coefficient (Wildman–Crippen LogP) is 3.73. The van der Waals surface area contributed by atoms with Gasteiger partial charge in [0.25, 0.3) is 5.91 Å². The zero-order chi connectivity index (χ0) is 18.7. The second-order valence-electron chi connectivity index (χ2n) is 7.18. The molecule has 2 fully saturated rings. The van der Waals surface area contributed by atoms with Gasteiger partial charge in [0.05, 0.1) is 0 Å². The lowest BCUT2D eigenvalue weighted by atomic mass is 9.84. The molecule has 6 nitrogen and oxygen atoms in total. The third-order valence-electron chi connectivity index (χ3n) is 5.20. The van der Waals surface area contributed by atoms with Crippen LogP contribution >= 0.6 is 15.9 Å². The van der Waals surface area contributed by atoms with Crippen molar-refractivity contribution < 1.29 is 14.4 Å². The molecule has 0 bridgehead atoms. The van der Waals surface area contributed by atoms with E-state index in [4.69, 9.17) is 0 Å². The van der Waals surface area contributed by atoms with E-state index in [1.807, 2.05) is 19.1 Å². The van der Waals surface area contributed by atoms with Crippen LogP contribution in [0.1, 0.15) is 50.5 Å². The van der Waals surface area contributed by atoms with Gasteiger partial charge in [0.2, 0.25) is 5.91 Å². The van der Waals surface area contributed by atoms with Crippen molar-refractivity contribution in [2.45, 2.75) is 57.4 Å². The van der Waals surface area contributed by atoms with E-state index in [9.17, 15) is 14.4 Å². The quantitative estimate of drug-likeness (QED) is 0.729. The minimum Gasteiger partial charge on any atom is -0.325 e. The minimum absolute atomic E-state index is 0.258. The van der Waals surface area contributed by atoms with Crippen LogP contribution in [0.5, 0.6) is 0 Å². The molecule has 0 radical (unpaired) electrons. The molecular formula is C19H24BrN3O3. The Morgan fingerprint density at radius 3 is 2.50 bits per heavy atom. The van der Waals surface area contributed by atoms with Crippen LogP contribution in [0.25, 0.3) is 0 Å². The molecule has 2 aliphatic rings. The van der Waals surface area contributed by atoms with Crippen LogP contribution in [-0.4, -0.2) is 34.8 Å². The van der Waals surface area contributed by atoms with E-state index in [1.165, 1.54) is 6.42 Å². The molecule has 26 heavy (non-hydrogen) atoms. The summed E-state index contributed by atoms with van der Waals surface area (Å²) < 4.78 is 0.954. The van der Waals surface area contributed by atoms with Gasteiger partial charge in [-0.15, -0.1) is 0 Å². The van der Waals surface area contributed by atoms with Gasteiger partial charge in [-0.1, -0.05) is 48.0 Å². The maximum atomic E-state index is 12.9. The van der Waals surface area contributed by atoms with E-state index in [-0.39, 0.29) is 18.4 Å². The summed E-state index contributed by atoms with van der Waals surface area (Å²) in [6, 6.07) is 5.00. The number of hydrogen-bond donors (Lipinski definition) is 2. The third-order valence-corrected chi connectivity index (χ3v) is 6.09. The molecule has 140 valence electrons. The number of benzene rings is 1. The van der Waals surface area contributed by atoms with Crippen molar-refractivity contribution in [3.63, 3.8) is 0 Å². The standard InChI is InChI=1S/C19H24BrN3O3/c1-13-11-14(7-8-15(13)20)21-16(24)12-23-17(25)19(22-18(23)26)9-5-3-2-4-6-10-19/h7-8,11H,2-6,9-10,12H2,1H3,(H,21,24)(H,22,26). The van der Waals surface area contributed by atoms with Crippen molar-refractivity contribution in [3.05, 3.63) is 28.2 Å². The Labute approximate surface area is 161 Å².